The van der Waals surface area contributed by atoms with Gasteiger partial charge in [0.05, 0.1) is 6.54 Å². The van der Waals surface area contributed by atoms with Gasteiger partial charge < -0.3 is 10.2 Å². The molecule has 90 valence electrons. The molecule has 1 N–H and O–H groups in total. The van der Waals surface area contributed by atoms with Crippen LogP contribution in [0.25, 0.3) is 0 Å². The molecule has 2 heterocycles. The van der Waals surface area contributed by atoms with E-state index >= 15 is 0 Å². The molecule has 1 aliphatic heterocycles. The number of hydrogen-bond donors (Lipinski definition) is 1. The van der Waals surface area contributed by atoms with Crippen LogP contribution in [0.15, 0.2) is 24.5 Å². The van der Waals surface area contributed by atoms with Crippen molar-refractivity contribution in [2.24, 2.45) is 0 Å². The number of aromatic nitrogens is 1. The lowest BCUT2D eigenvalue weighted by Gasteiger charge is -2.32. The van der Waals surface area contributed by atoms with Crippen molar-refractivity contribution >= 4 is 11.8 Å². The summed E-state index contributed by atoms with van der Waals surface area (Å²) in [6.45, 7) is 2.41. The van der Waals surface area contributed by atoms with Gasteiger partial charge in [-0.15, -0.1) is 0 Å². The third-order valence-corrected chi connectivity index (χ3v) is 2.95. The second-order valence-electron chi connectivity index (χ2n) is 4.09. The summed E-state index contributed by atoms with van der Waals surface area (Å²) in [5, 5.41) is 2.57. The van der Waals surface area contributed by atoms with E-state index in [9.17, 15) is 9.59 Å². The van der Waals surface area contributed by atoms with E-state index in [1.807, 2.05) is 12.1 Å². The van der Waals surface area contributed by atoms with Gasteiger partial charge in [-0.05, 0) is 25.0 Å². The minimum Gasteiger partial charge on any atom is -0.345 e. The van der Waals surface area contributed by atoms with Crippen LogP contribution in [0.2, 0.25) is 0 Å². The number of nitrogens with one attached hydrogen (secondary N) is 1. The van der Waals surface area contributed by atoms with Crippen LogP contribution in [-0.4, -0.2) is 40.8 Å². The smallest absolute Gasteiger partial charge is 0.242 e. The van der Waals surface area contributed by atoms with E-state index in [0.29, 0.717) is 6.54 Å². The Morgan fingerprint density at radius 3 is 3.06 bits per heavy atom. The average molecular weight is 233 g/mol. The summed E-state index contributed by atoms with van der Waals surface area (Å²) < 4.78 is 0. The van der Waals surface area contributed by atoms with E-state index in [1.54, 1.807) is 24.2 Å². The Morgan fingerprint density at radius 2 is 2.35 bits per heavy atom. The molecule has 1 saturated heterocycles. The van der Waals surface area contributed by atoms with Gasteiger partial charge >= 0.3 is 0 Å². The maximum Gasteiger partial charge on any atom is 0.242 e. The summed E-state index contributed by atoms with van der Waals surface area (Å²) in [6.07, 6.45) is 4.21. The molecule has 1 unspecified atom stereocenters. The maximum atomic E-state index is 11.7. The number of pyridine rings is 1. The molecule has 0 saturated carbocycles. The van der Waals surface area contributed by atoms with Crippen molar-refractivity contribution in [3.05, 3.63) is 30.1 Å². The van der Waals surface area contributed by atoms with Crippen LogP contribution in [0.4, 0.5) is 0 Å². The van der Waals surface area contributed by atoms with Crippen LogP contribution in [0.1, 0.15) is 12.5 Å². The standard InChI is InChI=1S/C12H15N3O2/c1-9-12(17)14-8-11(16)15(9)6-4-10-3-2-5-13-7-10/h2-3,5,7,9H,4,6,8H2,1H3,(H,14,17). The van der Waals surface area contributed by atoms with Crippen LogP contribution in [0.3, 0.4) is 0 Å². The molecule has 2 rings (SSSR count). The van der Waals surface area contributed by atoms with E-state index in [1.165, 1.54) is 0 Å². The van der Waals surface area contributed by atoms with E-state index in [2.05, 4.69) is 10.3 Å². The van der Waals surface area contributed by atoms with E-state index < -0.39 is 0 Å². The summed E-state index contributed by atoms with van der Waals surface area (Å²) in [5.74, 6) is -0.114. The number of hydrogen-bond acceptors (Lipinski definition) is 3. The Labute approximate surface area is 99.8 Å². The molecular weight excluding hydrogens is 218 g/mol. The molecule has 0 aromatic carbocycles. The first-order valence-electron chi connectivity index (χ1n) is 5.64. The molecule has 1 aromatic heterocycles. The van der Waals surface area contributed by atoms with Gasteiger partial charge in [0, 0.05) is 18.9 Å². The molecule has 1 aliphatic rings. The molecule has 2 amide bonds. The second kappa shape index (κ2) is 4.95. The Bertz CT molecular complexity index is 419. The minimum absolute atomic E-state index is 0.0269. The fraction of sp³-hybridized carbons (Fsp3) is 0.417. The van der Waals surface area contributed by atoms with Gasteiger partial charge in [0.15, 0.2) is 0 Å². The molecule has 1 fully saturated rings. The molecule has 1 atom stereocenters. The quantitative estimate of drug-likeness (QED) is 0.797. The van der Waals surface area contributed by atoms with Crippen LogP contribution in [0, 0.1) is 0 Å². The Hall–Kier alpha value is -1.91. The predicted octanol–water partition coefficient (Wildman–Crippen LogP) is -0.0290. The van der Waals surface area contributed by atoms with E-state index in [4.69, 9.17) is 0 Å². The first kappa shape index (κ1) is 11.6. The van der Waals surface area contributed by atoms with Crippen molar-refractivity contribution in [3.8, 4) is 0 Å². The maximum absolute atomic E-state index is 11.7. The number of rotatable bonds is 3. The van der Waals surface area contributed by atoms with E-state index in [-0.39, 0.29) is 24.4 Å². The lowest BCUT2D eigenvalue weighted by atomic mass is 10.1. The molecule has 5 nitrogen and oxygen atoms in total. The fourth-order valence-electron chi connectivity index (χ4n) is 1.88. The Balaban J connectivity index is 1.98. The first-order valence-corrected chi connectivity index (χ1v) is 5.64. The van der Waals surface area contributed by atoms with Gasteiger partial charge in [0.1, 0.15) is 6.04 Å². The number of carbonyl (C=O) groups is 2. The predicted molar refractivity (Wildman–Crippen MR) is 62.1 cm³/mol. The first-order chi connectivity index (χ1) is 8.18. The second-order valence-corrected chi connectivity index (χ2v) is 4.09. The monoisotopic (exact) mass is 233 g/mol. The highest BCUT2D eigenvalue weighted by atomic mass is 16.2. The van der Waals surface area contributed by atoms with Crippen molar-refractivity contribution in [3.63, 3.8) is 0 Å². The summed E-state index contributed by atoms with van der Waals surface area (Å²) in [5.41, 5.74) is 1.07. The third kappa shape index (κ3) is 2.61. The zero-order valence-corrected chi connectivity index (χ0v) is 9.72. The van der Waals surface area contributed by atoms with Crippen molar-refractivity contribution in [1.82, 2.24) is 15.2 Å². The van der Waals surface area contributed by atoms with Crippen molar-refractivity contribution < 1.29 is 9.59 Å². The van der Waals surface area contributed by atoms with Gasteiger partial charge in [-0.25, -0.2) is 0 Å². The lowest BCUT2D eigenvalue weighted by molar-refractivity contribution is -0.144. The fourth-order valence-corrected chi connectivity index (χ4v) is 1.88. The zero-order chi connectivity index (χ0) is 12.3. The van der Waals surface area contributed by atoms with E-state index in [0.717, 1.165) is 12.0 Å². The highest BCUT2D eigenvalue weighted by Crippen LogP contribution is 2.07. The average Bonchev–Trinajstić information content (AvgIpc) is 2.35. The largest absolute Gasteiger partial charge is 0.345 e. The topological polar surface area (TPSA) is 62.3 Å². The third-order valence-electron chi connectivity index (χ3n) is 2.95. The van der Waals surface area contributed by atoms with Crippen molar-refractivity contribution in [2.45, 2.75) is 19.4 Å². The van der Waals surface area contributed by atoms with Crippen molar-refractivity contribution in [1.29, 1.82) is 0 Å². The molecule has 0 aliphatic carbocycles. The Kier molecular flexibility index (Phi) is 3.37. The summed E-state index contributed by atoms with van der Waals surface area (Å²) in [4.78, 5) is 28.7. The van der Waals surface area contributed by atoms with Gasteiger partial charge in [0.2, 0.25) is 11.8 Å². The number of amides is 2. The molecule has 17 heavy (non-hydrogen) atoms. The van der Waals surface area contributed by atoms with Crippen LogP contribution in [0.5, 0.6) is 0 Å². The zero-order valence-electron chi connectivity index (χ0n) is 9.72. The molecular formula is C12H15N3O2. The summed E-state index contributed by atoms with van der Waals surface area (Å²) >= 11 is 0. The summed E-state index contributed by atoms with van der Waals surface area (Å²) in [6, 6.07) is 3.45. The van der Waals surface area contributed by atoms with Gasteiger partial charge in [-0.2, -0.15) is 0 Å². The van der Waals surface area contributed by atoms with Crippen molar-refractivity contribution in [2.75, 3.05) is 13.1 Å². The number of nitrogens with zero attached hydrogens (tertiary/aromatic N) is 2. The van der Waals surface area contributed by atoms with Gasteiger partial charge in [-0.1, -0.05) is 6.07 Å². The van der Waals surface area contributed by atoms with Crippen LogP contribution < -0.4 is 5.32 Å². The molecule has 0 spiro atoms. The van der Waals surface area contributed by atoms with Gasteiger partial charge in [0.25, 0.3) is 0 Å². The van der Waals surface area contributed by atoms with Crippen LogP contribution >= 0.6 is 0 Å². The normalized spacial score (nSPS) is 20.3. The Morgan fingerprint density at radius 1 is 1.53 bits per heavy atom. The molecule has 0 radical (unpaired) electrons. The molecule has 5 heteroatoms. The van der Waals surface area contributed by atoms with Gasteiger partial charge in [-0.3, -0.25) is 14.6 Å². The minimum atomic E-state index is -0.382. The molecule has 1 aromatic rings. The molecule has 0 bridgehead atoms. The van der Waals surface area contributed by atoms with Crippen LogP contribution in [-0.2, 0) is 16.0 Å². The lowest BCUT2D eigenvalue weighted by Crippen LogP contribution is -2.57. The number of piperazine rings is 1. The summed E-state index contributed by atoms with van der Waals surface area (Å²) in [7, 11) is 0. The highest BCUT2D eigenvalue weighted by Gasteiger charge is 2.30. The number of carbonyl (C=O) groups excluding carboxylic acids is 2. The SMILES string of the molecule is CC1C(=O)NCC(=O)N1CCc1cccnc1. The highest BCUT2D eigenvalue weighted by molar-refractivity contribution is 5.94.